The van der Waals surface area contributed by atoms with Gasteiger partial charge in [-0.3, -0.25) is 0 Å². The predicted octanol–water partition coefficient (Wildman–Crippen LogP) is 2.38. The van der Waals surface area contributed by atoms with Crippen LogP contribution in [0.25, 0.3) is 0 Å². The van der Waals surface area contributed by atoms with Gasteiger partial charge in [0, 0.05) is 15.6 Å². The van der Waals surface area contributed by atoms with E-state index < -0.39 is 26.3 Å². The van der Waals surface area contributed by atoms with E-state index in [0.717, 1.165) is 12.1 Å². The number of rotatable bonds is 3. The third-order valence-corrected chi connectivity index (χ3v) is 3.37. The van der Waals surface area contributed by atoms with Crippen molar-refractivity contribution >= 4 is 32.4 Å². The summed E-state index contributed by atoms with van der Waals surface area (Å²) >= 11 is 3.83. The van der Waals surface area contributed by atoms with E-state index in [9.17, 15) is 17.2 Å². The van der Waals surface area contributed by atoms with Gasteiger partial charge in [-0.1, -0.05) is 0 Å². The Morgan fingerprint density at radius 1 is 1.47 bits per heavy atom. The molecule has 0 radical (unpaired) electrons. The van der Waals surface area contributed by atoms with Crippen LogP contribution in [0.2, 0.25) is 0 Å². The Hall–Kier alpha value is -1.04. The van der Waals surface area contributed by atoms with Crippen molar-refractivity contribution in [2.24, 2.45) is 0 Å². The molecule has 1 aromatic carbocycles. The van der Waals surface area contributed by atoms with Crippen molar-refractivity contribution in [3.05, 3.63) is 17.7 Å². The van der Waals surface area contributed by atoms with Crippen molar-refractivity contribution < 1.29 is 21.9 Å². The van der Waals surface area contributed by atoms with Crippen molar-refractivity contribution in [3.63, 3.8) is 0 Å². The smallest absolute Gasteiger partial charge is 0.387 e. The largest absolute Gasteiger partial charge is 0.433 e. The number of nitriles is 1. The predicted molar refractivity (Wildman–Crippen MR) is 58.1 cm³/mol. The van der Waals surface area contributed by atoms with Gasteiger partial charge >= 0.3 is 6.61 Å². The van der Waals surface area contributed by atoms with Crippen LogP contribution in [0, 0.1) is 11.3 Å². The molecule has 1 aromatic rings. The number of hydrogen-bond acceptors (Lipinski definition) is 5. The lowest BCUT2D eigenvalue weighted by molar-refractivity contribution is -0.0518. The minimum Gasteiger partial charge on any atom is -0.433 e. The molecule has 0 saturated carbocycles. The summed E-state index contributed by atoms with van der Waals surface area (Å²) < 4.78 is 50.3. The summed E-state index contributed by atoms with van der Waals surface area (Å²) in [6.07, 6.45) is 0. The fourth-order valence-electron chi connectivity index (χ4n) is 1.02. The molecule has 0 aromatic heterocycles. The van der Waals surface area contributed by atoms with Gasteiger partial charge in [0.2, 0.25) is 0 Å². The van der Waals surface area contributed by atoms with Crippen LogP contribution in [-0.4, -0.2) is 15.0 Å². The Morgan fingerprint density at radius 2 is 2.06 bits per heavy atom. The summed E-state index contributed by atoms with van der Waals surface area (Å²) in [5.41, 5.74) is -0.117. The van der Waals surface area contributed by atoms with Gasteiger partial charge in [-0.2, -0.15) is 14.0 Å². The van der Waals surface area contributed by atoms with Crippen molar-refractivity contribution in [2.75, 3.05) is 0 Å². The molecule has 1 rings (SSSR count). The molecule has 0 aliphatic carbocycles. The summed E-state index contributed by atoms with van der Waals surface area (Å²) in [5, 5.41) is 8.66. The van der Waals surface area contributed by atoms with Crippen LogP contribution in [0.5, 0.6) is 5.75 Å². The standard InChI is InChI=1S/C8H4ClF2NO3S2/c9-17(13,14)7-1-4(3-12)6(16)2-5(7)15-8(10)11/h1-2,8,16H. The molecule has 0 unspecified atom stereocenters. The van der Waals surface area contributed by atoms with Gasteiger partial charge < -0.3 is 4.74 Å². The first-order chi connectivity index (χ1) is 7.75. The van der Waals surface area contributed by atoms with Gasteiger partial charge in [0.1, 0.15) is 16.7 Å². The molecule has 0 N–H and O–H groups in total. The fraction of sp³-hybridized carbons (Fsp3) is 0.125. The minimum absolute atomic E-state index is 0.00668. The molecule has 0 fully saturated rings. The molecule has 0 bridgehead atoms. The summed E-state index contributed by atoms with van der Waals surface area (Å²) in [6.45, 7) is -3.21. The maximum atomic E-state index is 12.1. The second-order valence-electron chi connectivity index (χ2n) is 2.74. The first-order valence-corrected chi connectivity index (χ1v) is 6.68. The monoisotopic (exact) mass is 299 g/mol. The fourth-order valence-corrected chi connectivity index (χ4v) is 2.22. The highest BCUT2D eigenvalue weighted by Crippen LogP contribution is 2.32. The van der Waals surface area contributed by atoms with Crippen molar-refractivity contribution in [1.82, 2.24) is 0 Å². The molecule has 17 heavy (non-hydrogen) atoms. The highest BCUT2D eigenvalue weighted by molar-refractivity contribution is 8.13. The third-order valence-electron chi connectivity index (χ3n) is 1.66. The maximum absolute atomic E-state index is 12.1. The van der Waals surface area contributed by atoms with E-state index in [1.165, 1.54) is 0 Å². The zero-order valence-electron chi connectivity index (χ0n) is 7.89. The summed E-state index contributed by atoms with van der Waals surface area (Å²) in [4.78, 5) is -0.693. The first-order valence-electron chi connectivity index (χ1n) is 3.92. The highest BCUT2D eigenvalue weighted by Gasteiger charge is 2.21. The van der Waals surface area contributed by atoms with Gasteiger partial charge in [0.05, 0.1) is 5.56 Å². The van der Waals surface area contributed by atoms with Gasteiger partial charge in [-0.15, -0.1) is 12.6 Å². The van der Waals surface area contributed by atoms with E-state index in [0.29, 0.717) is 0 Å². The molecule has 0 spiro atoms. The van der Waals surface area contributed by atoms with Crippen molar-refractivity contribution in [2.45, 2.75) is 16.4 Å². The number of benzene rings is 1. The minimum atomic E-state index is -4.30. The Balaban J connectivity index is 3.49. The number of hydrogen-bond donors (Lipinski definition) is 1. The van der Waals surface area contributed by atoms with Crippen LogP contribution in [0.1, 0.15) is 5.56 Å². The number of nitrogens with zero attached hydrogens (tertiary/aromatic N) is 1. The van der Waals surface area contributed by atoms with Crippen LogP contribution in [0.15, 0.2) is 21.9 Å². The summed E-state index contributed by atoms with van der Waals surface area (Å²) in [7, 11) is 0.742. The summed E-state index contributed by atoms with van der Waals surface area (Å²) in [6, 6.07) is 3.36. The van der Waals surface area contributed by atoms with E-state index in [1.54, 1.807) is 6.07 Å². The Kier molecular flexibility index (Phi) is 4.19. The van der Waals surface area contributed by atoms with Crippen molar-refractivity contribution in [1.29, 1.82) is 5.26 Å². The van der Waals surface area contributed by atoms with E-state index in [4.69, 9.17) is 15.9 Å². The zero-order chi connectivity index (χ0) is 13.2. The van der Waals surface area contributed by atoms with E-state index in [-0.39, 0.29) is 10.5 Å². The van der Waals surface area contributed by atoms with Gasteiger partial charge in [-0.05, 0) is 12.1 Å². The number of halogens is 3. The Labute approximate surface area is 106 Å². The van der Waals surface area contributed by atoms with E-state index >= 15 is 0 Å². The van der Waals surface area contributed by atoms with E-state index in [2.05, 4.69) is 17.4 Å². The normalized spacial score (nSPS) is 11.3. The molecule has 0 saturated heterocycles. The molecule has 0 heterocycles. The highest BCUT2D eigenvalue weighted by atomic mass is 35.7. The molecule has 92 valence electrons. The van der Waals surface area contributed by atoms with Gasteiger partial charge in [0.25, 0.3) is 9.05 Å². The van der Waals surface area contributed by atoms with Gasteiger partial charge in [-0.25, -0.2) is 8.42 Å². The van der Waals surface area contributed by atoms with E-state index in [1.807, 2.05) is 0 Å². The van der Waals surface area contributed by atoms with Gasteiger partial charge in [0.15, 0.2) is 0 Å². The van der Waals surface area contributed by atoms with Crippen LogP contribution < -0.4 is 4.74 Å². The number of ether oxygens (including phenoxy) is 1. The molecule has 0 atom stereocenters. The lowest BCUT2D eigenvalue weighted by Gasteiger charge is -2.09. The Morgan fingerprint density at radius 3 is 2.47 bits per heavy atom. The molecule has 4 nitrogen and oxygen atoms in total. The van der Waals surface area contributed by atoms with Crippen LogP contribution in [0.4, 0.5) is 8.78 Å². The van der Waals surface area contributed by atoms with Crippen molar-refractivity contribution in [3.8, 4) is 11.8 Å². The Bertz CT molecular complexity index is 583. The quantitative estimate of drug-likeness (QED) is 0.687. The second kappa shape index (κ2) is 5.08. The average Bonchev–Trinajstić information content (AvgIpc) is 2.14. The summed E-state index contributed by atoms with van der Waals surface area (Å²) in [5.74, 6) is -0.654. The maximum Gasteiger partial charge on any atom is 0.387 e. The molecule has 9 heteroatoms. The lowest BCUT2D eigenvalue weighted by atomic mass is 10.2. The topological polar surface area (TPSA) is 67.2 Å². The zero-order valence-corrected chi connectivity index (χ0v) is 10.4. The van der Waals surface area contributed by atoms with Crippen LogP contribution in [0.3, 0.4) is 0 Å². The lowest BCUT2D eigenvalue weighted by Crippen LogP contribution is -2.06. The molecule has 0 aliphatic heterocycles. The molecule has 0 aliphatic rings. The van der Waals surface area contributed by atoms with Crippen LogP contribution in [-0.2, 0) is 9.05 Å². The third kappa shape index (κ3) is 3.46. The second-order valence-corrected chi connectivity index (χ2v) is 5.76. The SMILES string of the molecule is N#Cc1cc(S(=O)(=O)Cl)c(OC(F)F)cc1S. The number of alkyl halides is 2. The van der Waals surface area contributed by atoms with Crippen LogP contribution >= 0.6 is 23.3 Å². The first kappa shape index (κ1) is 14.0. The number of thiol groups is 1. The molecular formula is C8H4ClF2NO3S2. The average molecular weight is 300 g/mol. The molecule has 0 amide bonds. The molecular weight excluding hydrogens is 296 g/mol.